The van der Waals surface area contributed by atoms with Crippen molar-refractivity contribution in [3.63, 3.8) is 0 Å². The normalized spacial score (nSPS) is 10.4. The third kappa shape index (κ3) is 515. The zero-order valence-electron chi connectivity index (χ0n) is 15.6. The van der Waals surface area contributed by atoms with Crippen LogP contribution in [-0.2, 0) is 128 Å². The molecule has 0 amide bonds. The average molecular weight is 3030 g/mol. The first-order valence-corrected chi connectivity index (χ1v) is 102. The molecule has 0 unspecified atom stereocenters. The van der Waals surface area contributed by atoms with Crippen molar-refractivity contribution < 1.29 is 234 Å². The minimum absolute atomic E-state index is 0. The summed E-state index contributed by atoms with van der Waals surface area (Å²) in [5.74, 6) is 0. The second-order valence-electron chi connectivity index (χ2n) is 1.57. The van der Waals surface area contributed by atoms with Crippen LogP contribution in [0.4, 0.5) is 0 Å². The van der Waals surface area contributed by atoms with Crippen molar-refractivity contribution in [2.45, 2.75) is 0 Å². The van der Waals surface area contributed by atoms with Gasteiger partial charge in [0.25, 0.3) is 0 Å². The van der Waals surface area contributed by atoms with Crippen molar-refractivity contribution in [1.82, 2.24) is 0 Å². The Bertz CT molecular complexity index is 173. The Labute approximate surface area is 473 Å². The molecule has 0 aromatic rings. The third-order valence-electron chi connectivity index (χ3n) is 0. The zero-order valence-corrected chi connectivity index (χ0v) is 73.3. The zero-order chi connectivity index (χ0) is 32.2. The molecule has 0 spiro atoms. The Morgan fingerprint density at radius 3 is 0.128 bits per heavy atom. The van der Waals surface area contributed by atoms with Crippen LogP contribution in [0, 0.1) is 107 Å². The predicted octanol–water partition coefficient (Wildman–Crippen LogP) is 18.6. The first-order valence-electron chi connectivity index (χ1n) is 4.17. The smallest absolute Gasteiger partial charge is 3.00 e. The molecule has 39 heavy (non-hydrogen) atoms. The Hall–Kier alpha value is 17.6. The standard InChI is InChI=1S/27ClH.3La.9W/h27*1H;;;;;;;;;;;;/q;;;;;;;;;;;;;;;;;;;;;;;;;;;3*+3;9*+2/p-27. The van der Waals surface area contributed by atoms with Crippen LogP contribution in [0.3, 0.4) is 0 Å². The number of halogens is 27. The van der Waals surface area contributed by atoms with Crippen molar-refractivity contribution in [2.75, 3.05) is 0 Å². The van der Waals surface area contributed by atoms with E-state index in [9.17, 15) is 0 Å². The summed E-state index contributed by atoms with van der Waals surface area (Å²) in [6.45, 7) is 0. The third-order valence-corrected chi connectivity index (χ3v) is 0. The Morgan fingerprint density at radius 1 is 0.128 bits per heavy atom. The van der Waals surface area contributed by atoms with Crippen LogP contribution in [0.1, 0.15) is 0 Å². The van der Waals surface area contributed by atoms with Crippen molar-refractivity contribution in [2.24, 2.45) is 0 Å². The molecule has 0 aliphatic carbocycles. The molecule has 0 aliphatic rings. The molecule has 39 heteroatoms. The summed E-state index contributed by atoms with van der Waals surface area (Å²) >= 11 is -19.0. The molecule has 0 N–H and O–H groups in total. The molecule has 0 bridgehead atoms. The molecule has 0 saturated heterocycles. The van der Waals surface area contributed by atoms with E-state index in [1.165, 1.54) is 0 Å². The van der Waals surface area contributed by atoms with Gasteiger partial charge in [-0.25, -0.2) is 0 Å². The quantitative estimate of drug-likeness (QED) is 0.227. The van der Waals surface area contributed by atoms with Crippen LogP contribution in [0.5, 0.6) is 0 Å². The number of hydrogen-bond donors (Lipinski definition) is 0. The second kappa shape index (κ2) is 83.3. The van der Waals surface area contributed by atoms with Crippen LogP contribution < -0.4 is 0 Å². The van der Waals surface area contributed by atoms with Gasteiger partial charge in [-0.2, -0.15) is 0 Å². The van der Waals surface area contributed by atoms with Gasteiger partial charge in [0, 0.05) is 0 Å². The van der Waals surface area contributed by atoms with Crippen LogP contribution in [0.25, 0.3) is 0 Å². The molecule has 0 heterocycles. The van der Waals surface area contributed by atoms with Gasteiger partial charge >= 0.3 is 489 Å². The Kier molecular flexibility index (Phi) is 188. The van der Waals surface area contributed by atoms with Crippen molar-refractivity contribution in [1.29, 1.82) is 0 Å². The monoisotopic (exact) mass is 3020 g/mol. The molecule has 0 radical (unpaired) electrons. The average Bonchev–Trinajstić information content (AvgIpc) is 2.39. The molecule has 0 aliphatic heterocycles. The van der Waals surface area contributed by atoms with E-state index in [1.807, 2.05) is 0 Å². The predicted molar refractivity (Wildman–Crippen MR) is 158 cm³/mol. The minimum atomic E-state index is -2.11. The van der Waals surface area contributed by atoms with Gasteiger partial charge < -0.3 is 0 Å². The SMILES string of the molecule is [Cl][W-]([Cl])[Cl].[Cl][W-]([Cl])[Cl].[Cl][W-]([Cl])[Cl].[Cl][W-]([Cl])[Cl].[Cl][W-]([Cl])[Cl].[Cl][W-]([Cl])[Cl].[Cl][W-]([Cl])[Cl].[Cl][W-]([Cl])[Cl].[Cl][W-]([Cl])[Cl].[La+3].[La+3].[La+3]. The number of hydrogen-bond acceptors (Lipinski definition) is 0. The fraction of sp³-hybridized carbons (Fsp3) is 0. The number of rotatable bonds is 0. The first-order chi connectivity index (χ1) is 15.6. The van der Waals surface area contributed by atoms with Gasteiger partial charge in [-0.05, 0) is 0 Å². The van der Waals surface area contributed by atoms with Crippen LogP contribution in [-0.4, -0.2) is 0 Å². The molecule has 0 aromatic heterocycles. The van der Waals surface area contributed by atoms with Gasteiger partial charge in [-0.1, -0.05) is 0 Å². The van der Waals surface area contributed by atoms with Gasteiger partial charge in [0.15, 0.2) is 0 Å². The summed E-state index contributed by atoms with van der Waals surface area (Å²) in [6.07, 6.45) is 0. The van der Waals surface area contributed by atoms with Gasteiger partial charge in [0.05, 0.1) is 0 Å². The molecule has 0 aromatic carbocycles. The van der Waals surface area contributed by atoms with Gasteiger partial charge in [-0.15, -0.1) is 0 Å². The summed E-state index contributed by atoms with van der Waals surface area (Å²) in [7, 11) is 135. The molecule has 0 saturated carbocycles. The van der Waals surface area contributed by atoms with E-state index in [0.29, 0.717) is 0 Å². The summed E-state index contributed by atoms with van der Waals surface area (Å²) in [5.41, 5.74) is 0. The van der Waals surface area contributed by atoms with Crippen LogP contribution in [0.2, 0.25) is 0 Å². The maximum atomic E-state index is 5.00. The van der Waals surface area contributed by atoms with E-state index in [0.717, 1.165) is 0 Å². The largest absolute Gasteiger partial charge is 3.00 e. The molecule has 0 fully saturated rings. The summed E-state index contributed by atoms with van der Waals surface area (Å²) in [4.78, 5) is 0. The Morgan fingerprint density at radius 2 is 0.128 bits per heavy atom. The second-order valence-corrected chi connectivity index (χ2v) is 116. The Balaban J connectivity index is -0.0000000208. The van der Waals surface area contributed by atoms with E-state index in [4.69, 9.17) is 254 Å². The fourth-order valence-corrected chi connectivity index (χ4v) is 0. The molecular weight excluding hydrogens is 3030 g/mol. The van der Waals surface area contributed by atoms with E-state index in [-0.39, 0.29) is 107 Å². The van der Waals surface area contributed by atoms with Crippen molar-refractivity contribution in [3.8, 4) is 0 Å². The topological polar surface area (TPSA) is 0 Å². The van der Waals surface area contributed by atoms with Crippen molar-refractivity contribution in [3.05, 3.63) is 0 Å². The van der Waals surface area contributed by atoms with Gasteiger partial charge in [0.2, 0.25) is 0 Å². The fourth-order valence-electron chi connectivity index (χ4n) is 0. The van der Waals surface area contributed by atoms with Crippen molar-refractivity contribution >= 4 is 254 Å². The van der Waals surface area contributed by atoms with E-state index in [2.05, 4.69) is 0 Å². The first kappa shape index (κ1) is 88.0. The molecule has 0 nitrogen and oxygen atoms in total. The van der Waals surface area contributed by atoms with E-state index >= 15 is 0 Å². The van der Waals surface area contributed by atoms with Gasteiger partial charge in [-0.3, -0.25) is 0 Å². The van der Waals surface area contributed by atoms with Crippen LogP contribution >= 0.6 is 254 Å². The molecule has 0 rings (SSSR count). The van der Waals surface area contributed by atoms with E-state index < -0.39 is 128 Å². The molecule has 0 atom stereocenters. The minimum Gasteiger partial charge on any atom is 3.00 e. The molecule has 252 valence electrons. The van der Waals surface area contributed by atoms with E-state index in [1.54, 1.807) is 0 Å². The van der Waals surface area contributed by atoms with Gasteiger partial charge in [0.1, 0.15) is 0 Å². The summed E-state index contributed by atoms with van der Waals surface area (Å²) in [5, 5.41) is 0. The maximum Gasteiger partial charge on any atom is 3.00 e. The summed E-state index contributed by atoms with van der Waals surface area (Å²) < 4.78 is 0. The summed E-state index contributed by atoms with van der Waals surface area (Å²) in [6, 6.07) is 0. The maximum absolute atomic E-state index is 5.00. The molecular formula is Cl27La3W9. The van der Waals surface area contributed by atoms with Crippen LogP contribution in [0.15, 0.2) is 0 Å².